The third kappa shape index (κ3) is 4.93. The standard InChI is InChI=1S/C18H19NO4/c1-2-22-12-13-23-18(21)15-10-6-7-11-16(15)19-17(20)14-8-4-3-5-9-14/h3-11H,2,12-13H2,1H3,(H,19,20). The molecular weight excluding hydrogens is 294 g/mol. The first-order valence-corrected chi connectivity index (χ1v) is 7.42. The van der Waals surface area contributed by atoms with Gasteiger partial charge in [-0.1, -0.05) is 30.3 Å². The van der Waals surface area contributed by atoms with E-state index < -0.39 is 5.97 Å². The van der Waals surface area contributed by atoms with Gasteiger partial charge < -0.3 is 14.8 Å². The molecule has 23 heavy (non-hydrogen) atoms. The van der Waals surface area contributed by atoms with Crippen LogP contribution in [0.2, 0.25) is 0 Å². The van der Waals surface area contributed by atoms with Gasteiger partial charge in [-0.15, -0.1) is 0 Å². The van der Waals surface area contributed by atoms with Crippen LogP contribution in [0, 0.1) is 0 Å². The number of esters is 1. The Morgan fingerprint density at radius 3 is 2.39 bits per heavy atom. The second kappa shape index (κ2) is 8.70. The predicted octanol–water partition coefficient (Wildman–Crippen LogP) is 3.13. The number of nitrogens with one attached hydrogen (secondary N) is 1. The number of benzene rings is 2. The molecule has 0 atom stereocenters. The van der Waals surface area contributed by atoms with Gasteiger partial charge in [0.05, 0.1) is 17.9 Å². The highest BCUT2D eigenvalue weighted by Gasteiger charge is 2.15. The van der Waals surface area contributed by atoms with E-state index in [1.807, 2.05) is 13.0 Å². The Morgan fingerprint density at radius 1 is 0.957 bits per heavy atom. The van der Waals surface area contributed by atoms with E-state index >= 15 is 0 Å². The first-order valence-electron chi connectivity index (χ1n) is 7.42. The fourth-order valence-corrected chi connectivity index (χ4v) is 1.97. The van der Waals surface area contributed by atoms with E-state index in [-0.39, 0.29) is 12.5 Å². The number of hydrogen-bond acceptors (Lipinski definition) is 4. The first-order chi connectivity index (χ1) is 11.2. The second-order valence-corrected chi connectivity index (χ2v) is 4.70. The van der Waals surface area contributed by atoms with E-state index in [1.165, 1.54) is 0 Å². The largest absolute Gasteiger partial charge is 0.460 e. The Labute approximate surface area is 135 Å². The van der Waals surface area contributed by atoms with E-state index in [9.17, 15) is 9.59 Å². The molecule has 120 valence electrons. The average molecular weight is 313 g/mol. The van der Waals surface area contributed by atoms with Crippen LogP contribution in [0.1, 0.15) is 27.6 Å². The number of carbonyl (C=O) groups is 2. The van der Waals surface area contributed by atoms with Crippen molar-refractivity contribution >= 4 is 17.6 Å². The number of amides is 1. The molecule has 5 heteroatoms. The van der Waals surface area contributed by atoms with E-state index in [0.717, 1.165) is 0 Å². The summed E-state index contributed by atoms with van der Waals surface area (Å²) in [6.07, 6.45) is 0. The van der Waals surface area contributed by atoms with Crippen LogP contribution in [0.15, 0.2) is 54.6 Å². The molecule has 0 aliphatic carbocycles. The Kier molecular flexibility index (Phi) is 6.32. The van der Waals surface area contributed by atoms with Crippen molar-refractivity contribution in [1.82, 2.24) is 0 Å². The molecule has 5 nitrogen and oxygen atoms in total. The van der Waals surface area contributed by atoms with Gasteiger partial charge in [0.1, 0.15) is 6.61 Å². The number of carbonyl (C=O) groups excluding carboxylic acids is 2. The number of ether oxygens (including phenoxy) is 2. The van der Waals surface area contributed by atoms with Crippen molar-refractivity contribution in [1.29, 1.82) is 0 Å². The van der Waals surface area contributed by atoms with Crippen LogP contribution >= 0.6 is 0 Å². The Morgan fingerprint density at radius 2 is 1.65 bits per heavy atom. The van der Waals surface area contributed by atoms with Gasteiger partial charge in [0.25, 0.3) is 5.91 Å². The molecule has 0 aromatic heterocycles. The van der Waals surface area contributed by atoms with Gasteiger partial charge in [0, 0.05) is 12.2 Å². The van der Waals surface area contributed by atoms with E-state index in [4.69, 9.17) is 9.47 Å². The Balaban J connectivity index is 2.05. The van der Waals surface area contributed by atoms with Crippen molar-refractivity contribution in [3.8, 4) is 0 Å². The number of rotatable bonds is 7. The molecule has 2 aromatic rings. The first kappa shape index (κ1) is 16.7. The van der Waals surface area contributed by atoms with Crippen molar-refractivity contribution in [2.24, 2.45) is 0 Å². The molecule has 0 aliphatic heterocycles. The van der Waals surface area contributed by atoms with Crippen LogP contribution in [0.4, 0.5) is 5.69 Å². The lowest BCUT2D eigenvalue weighted by atomic mass is 10.1. The number of hydrogen-bond donors (Lipinski definition) is 1. The molecule has 0 aliphatic rings. The number of para-hydroxylation sites is 1. The van der Waals surface area contributed by atoms with Crippen molar-refractivity contribution in [3.63, 3.8) is 0 Å². The highest BCUT2D eigenvalue weighted by atomic mass is 16.6. The summed E-state index contributed by atoms with van der Waals surface area (Å²) in [5.74, 6) is -0.770. The lowest BCUT2D eigenvalue weighted by Gasteiger charge is -2.11. The highest BCUT2D eigenvalue weighted by Crippen LogP contribution is 2.17. The summed E-state index contributed by atoms with van der Waals surface area (Å²) in [5, 5.41) is 2.74. The monoisotopic (exact) mass is 313 g/mol. The minimum absolute atomic E-state index is 0.174. The van der Waals surface area contributed by atoms with Gasteiger partial charge in [0.15, 0.2) is 0 Å². The topological polar surface area (TPSA) is 64.6 Å². The van der Waals surface area contributed by atoms with E-state index in [0.29, 0.717) is 30.0 Å². The third-order valence-corrected chi connectivity index (χ3v) is 3.10. The summed E-state index contributed by atoms with van der Waals surface area (Å²) in [6, 6.07) is 15.6. The summed E-state index contributed by atoms with van der Waals surface area (Å²) in [4.78, 5) is 24.3. The van der Waals surface area contributed by atoms with Gasteiger partial charge in [-0.05, 0) is 31.2 Å². The Hall–Kier alpha value is -2.66. The second-order valence-electron chi connectivity index (χ2n) is 4.70. The predicted molar refractivity (Wildman–Crippen MR) is 87.6 cm³/mol. The van der Waals surface area contributed by atoms with E-state index in [1.54, 1.807) is 48.5 Å². The number of anilines is 1. The van der Waals surface area contributed by atoms with Crippen molar-refractivity contribution in [3.05, 3.63) is 65.7 Å². The summed E-state index contributed by atoms with van der Waals surface area (Å²) < 4.78 is 10.3. The van der Waals surface area contributed by atoms with Gasteiger partial charge in [-0.25, -0.2) is 4.79 Å². The van der Waals surface area contributed by atoms with Gasteiger partial charge >= 0.3 is 5.97 Å². The minimum atomic E-state index is -0.492. The van der Waals surface area contributed by atoms with Crippen LogP contribution in [-0.4, -0.2) is 31.7 Å². The fraction of sp³-hybridized carbons (Fsp3) is 0.222. The summed E-state index contributed by atoms with van der Waals surface area (Å²) in [7, 11) is 0. The summed E-state index contributed by atoms with van der Waals surface area (Å²) in [6.45, 7) is 2.96. The molecule has 0 saturated carbocycles. The maximum Gasteiger partial charge on any atom is 0.340 e. The third-order valence-electron chi connectivity index (χ3n) is 3.10. The highest BCUT2D eigenvalue weighted by molar-refractivity contribution is 6.07. The SMILES string of the molecule is CCOCCOC(=O)c1ccccc1NC(=O)c1ccccc1. The van der Waals surface area contributed by atoms with Crippen LogP contribution in [0.5, 0.6) is 0 Å². The zero-order chi connectivity index (χ0) is 16.5. The van der Waals surface area contributed by atoms with Crippen LogP contribution in [0.3, 0.4) is 0 Å². The maximum atomic E-state index is 12.2. The lowest BCUT2D eigenvalue weighted by Crippen LogP contribution is -2.17. The Bertz CT molecular complexity index is 655. The zero-order valence-electron chi connectivity index (χ0n) is 13.0. The minimum Gasteiger partial charge on any atom is -0.460 e. The smallest absolute Gasteiger partial charge is 0.340 e. The molecule has 0 heterocycles. The van der Waals surface area contributed by atoms with Crippen molar-refractivity contribution < 1.29 is 19.1 Å². The molecule has 0 fully saturated rings. The van der Waals surface area contributed by atoms with Crippen LogP contribution in [-0.2, 0) is 9.47 Å². The summed E-state index contributed by atoms with van der Waals surface area (Å²) >= 11 is 0. The normalized spacial score (nSPS) is 10.1. The quantitative estimate of drug-likeness (QED) is 0.630. The van der Waals surface area contributed by atoms with Crippen molar-refractivity contribution in [2.75, 3.05) is 25.1 Å². The molecule has 2 aromatic carbocycles. The zero-order valence-corrected chi connectivity index (χ0v) is 13.0. The average Bonchev–Trinajstić information content (AvgIpc) is 2.60. The van der Waals surface area contributed by atoms with E-state index in [2.05, 4.69) is 5.32 Å². The maximum absolute atomic E-state index is 12.2. The van der Waals surface area contributed by atoms with Crippen molar-refractivity contribution in [2.45, 2.75) is 6.92 Å². The van der Waals surface area contributed by atoms with Crippen LogP contribution < -0.4 is 5.32 Å². The van der Waals surface area contributed by atoms with Gasteiger partial charge in [-0.3, -0.25) is 4.79 Å². The van der Waals surface area contributed by atoms with Gasteiger partial charge in [-0.2, -0.15) is 0 Å². The molecule has 1 amide bonds. The molecule has 0 saturated heterocycles. The molecule has 2 rings (SSSR count). The molecule has 0 radical (unpaired) electrons. The van der Waals surface area contributed by atoms with Crippen LogP contribution in [0.25, 0.3) is 0 Å². The molecule has 0 unspecified atom stereocenters. The molecule has 0 bridgehead atoms. The molecule has 1 N–H and O–H groups in total. The fourth-order valence-electron chi connectivity index (χ4n) is 1.97. The van der Waals surface area contributed by atoms with Gasteiger partial charge in [0.2, 0.25) is 0 Å². The molecular formula is C18H19NO4. The molecule has 0 spiro atoms. The summed E-state index contributed by atoms with van der Waals surface area (Å²) in [5.41, 5.74) is 1.25. The lowest BCUT2D eigenvalue weighted by molar-refractivity contribution is 0.0336.